The lowest BCUT2D eigenvalue weighted by Crippen LogP contribution is -2.18. The van der Waals surface area contributed by atoms with Crippen molar-refractivity contribution in [1.29, 1.82) is 0 Å². The molecule has 3 rings (SSSR count). The molecule has 0 fully saturated rings. The first-order valence-corrected chi connectivity index (χ1v) is 8.80. The van der Waals surface area contributed by atoms with Crippen LogP contribution in [0.5, 0.6) is 5.75 Å². The molecule has 0 amide bonds. The SMILES string of the molecule is CCOCCCOc1ccc2c(c1)c(C[C@H](C)N)c1n2CCC1.Cl. The highest BCUT2D eigenvalue weighted by Crippen LogP contribution is 2.34. The summed E-state index contributed by atoms with van der Waals surface area (Å²) in [5, 5.41) is 1.32. The monoisotopic (exact) mass is 352 g/mol. The highest BCUT2D eigenvalue weighted by molar-refractivity contribution is 5.87. The van der Waals surface area contributed by atoms with Gasteiger partial charge < -0.3 is 19.8 Å². The number of benzene rings is 1. The molecule has 0 radical (unpaired) electrons. The molecule has 0 aliphatic carbocycles. The minimum atomic E-state index is 0. The summed E-state index contributed by atoms with van der Waals surface area (Å²) in [5.74, 6) is 0.948. The Balaban J connectivity index is 0.00000208. The maximum atomic E-state index is 6.08. The van der Waals surface area contributed by atoms with Gasteiger partial charge in [-0.25, -0.2) is 0 Å². The number of rotatable bonds is 8. The molecular formula is C19H29ClN2O2. The summed E-state index contributed by atoms with van der Waals surface area (Å²) in [7, 11) is 0. The van der Waals surface area contributed by atoms with E-state index in [9.17, 15) is 0 Å². The minimum Gasteiger partial charge on any atom is -0.493 e. The van der Waals surface area contributed by atoms with Crippen LogP contribution in [-0.2, 0) is 24.1 Å². The topological polar surface area (TPSA) is 49.4 Å². The predicted octanol–water partition coefficient (Wildman–Crippen LogP) is 3.70. The molecule has 0 saturated heterocycles. The number of nitrogens with two attached hydrogens (primary N) is 1. The number of aromatic nitrogens is 1. The Morgan fingerprint density at radius 3 is 2.88 bits per heavy atom. The summed E-state index contributed by atoms with van der Waals surface area (Å²) >= 11 is 0. The van der Waals surface area contributed by atoms with E-state index in [4.69, 9.17) is 15.2 Å². The van der Waals surface area contributed by atoms with Gasteiger partial charge in [-0.05, 0) is 56.9 Å². The van der Waals surface area contributed by atoms with Gasteiger partial charge in [0, 0.05) is 48.8 Å². The molecule has 5 heteroatoms. The molecule has 2 aromatic rings. The van der Waals surface area contributed by atoms with Crippen LogP contribution in [0.25, 0.3) is 10.9 Å². The molecule has 2 N–H and O–H groups in total. The average Bonchev–Trinajstić information content (AvgIpc) is 3.10. The van der Waals surface area contributed by atoms with E-state index < -0.39 is 0 Å². The van der Waals surface area contributed by atoms with Gasteiger partial charge in [-0.2, -0.15) is 0 Å². The zero-order valence-electron chi connectivity index (χ0n) is 14.7. The quantitative estimate of drug-likeness (QED) is 0.737. The van der Waals surface area contributed by atoms with E-state index in [0.717, 1.165) is 38.3 Å². The van der Waals surface area contributed by atoms with Crippen LogP contribution in [0.4, 0.5) is 0 Å². The fraction of sp³-hybridized carbons (Fsp3) is 0.579. The third-order valence-corrected chi connectivity index (χ3v) is 4.49. The third-order valence-electron chi connectivity index (χ3n) is 4.49. The first-order chi connectivity index (χ1) is 11.2. The van der Waals surface area contributed by atoms with Crippen LogP contribution in [0, 0.1) is 0 Å². The highest BCUT2D eigenvalue weighted by Gasteiger charge is 2.21. The molecule has 1 aromatic heterocycles. The van der Waals surface area contributed by atoms with Crippen molar-refractivity contribution in [2.24, 2.45) is 5.73 Å². The van der Waals surface area contributed by atoms with Gasteiger partial charge in [-0.1, -0.05) is 0 Å². The number of aryl methyl sites for hydroxylation is 1. The van der Waals surface area contributed by atoms with Crippen molar-refractivity contribution in [1.82, 2.24) is 4.57 Å². The van der Waals surface area contributed by atoms with Crippen LogP contribution < -0.4 is 10.5 Å². The molecule has 134 valence electrons. The second kappa shape index (κ2) is 8.75. The van der Waals surface area contributed by atoms with Gasteiger partial charge in [0.2, 0.25) is 0 Å². The van der Waals surface area contributed by atoms with Gasteiger partial charge >= 0.3 is 0 Å². The van der Waals surface area contributed by atoms with Crippen molar-refractivity contribution in [2.75, 3.05) is 19.8 Å². The van der Waals surface area contributed by atoms with E-state index in [-0.39, 0.29) is 18.4 Å². The predicted molar refractivity (Wildman–Crippen MR) is 101 cm³/mol. The van der Waals surface area contributed by atoms with Gasteiger partial charge in [-0.3, -0.25) is 0 Å². The number of fused-ring (bicyclic) bond motifs is 3. The lowest BCUT2D eigenvalue weighted by Gasteiger charge is -2.09. The molecule has 1 aromatic carbocycles. The zero-order valence-corrected chi connectivity index (χ0v) is 15.5. The van der Waals surface area contributed by atoms with Crippen LogP contribution in [0.3, 0.4) is 0 Å². The molecular weight excluding hydrogens is 324 g/mol. The van der Waals surface area contributed by atoms with Crippen LogP contribution in [0.1, 0.15) is 37.9 Å². The fourth-order valence-corrected chi connectivity index (χ4v) is 3.54. The Morgan fingerprint density at radius 1 is 1.29 bits per heavy atom. The summed E-state index contributed by atoms with van der Waals surface area (Å²) in [6.07, 6.45) is 4.27. The summed E-state index contributed by atoms with van der Waals surface area (Å²) < 4.78 is 13.7. The summed E-state index contributed by atoms with van der Waals surface area (Å²) in [4.78, 5) is 0. The molecule has 24 heavy (non-hydrogen) atoms. The number of halogens is 1. The maximum Gasteiger partial charge on any atom is 0.120 e. The molecule has 4 nitrogen and oxygen atoms in total. The Bertz CT molecular complexity index is 667. The number of hydrogen-bond acceptors (Lipinski definition) is 3. The van der Waals surface area contributed by atoms with Crippen LogP contribution in [0.2, 0.25) is 0 Å². The smallest absolute Gasteiger partial charge is 0.120 e. The maximum absolute atomic E-state index is 6.08. The normalized spacial score (nSPS) is 14.5. The fourth-order valence-electron chi connectivity index (χ4n) is 3.54. The molecule has 1 aliphatic heterocycles. The molecule has 1 atom stereocenters. The van der Waals surface area contributed by atoms with E-state index in [2.05, 4.69) is 29.7 Å². The molecule has 1 aliphatic rings. The Morgan fingerprint density at radius 2 is 2.12 bits per heavy atom. The van der Waals surface area contributed by atoms with Crippen molar-refractivity contribution in [3.63, 3.8) is 0 Å². The Kier molecular flexibility index (Phi) is 6.96. The average molecular weight is 353 g/mol. The highest BCUT2D eigenvalue weighted by atomic mass is 35.5. The Labute approximate surface area is 150 Å². The van der Waals surface area contributed by atoms with E-state index in [0.29, 0.717) is 6.61 Å². The molecule has 0 unspecified atom stereocenters. The van der Waals surface area contributed by atoms with Gasteiger partial charge in [0.15, 0.2) is 0 Å². The second-order valence-corrected chi connectivity index (χ2v) is 6.44. The molecule has 0 spiro atoms. The zero-order chi connectivity index (χ0) is 16.2. The first kappa shape index (κ1) is 19.1. The standard InChI is InChI=1S/C19H28N2O2.ClH/c1-3-22-10-5-11-23-15-7-8-19-17(13-15)16(12-14(2)20)18-6-4-9-21(18)19;/h7-8,13-14H,3-6,9-12,20H2,1-2H3;1H/t14-;/m0./s1. The molecule has 0 saturated carbocycles. The summed E-state index contributed by atoms with van der Waals surface area (Å²) in [6, 6.07) is 6.66. The number of hydrogen-bond donors (Lipinski definition) is 1. The van der Waals surface area contributed by atoms with Crippen molar-refractivity contribution in [3.05, 3.63) is 29.5 Å². The van der Waals surface area contributed by atoms with E-state index in [1.807, 2.05) is 6.92 Å². The lowest BCUT2D eigenvalue weighted by molar-refractivity contribution is 0.131. The van der Waals surface area contributed by atoms with Gasteiger partial charge in [0.1, 0.15) is 5.75 Å². The van der Waals surface area contributed by atoms with E-state index in [1.165, 1.54) is 35.0 Å². The Hall–Kier alpha value is -1.23. The number of nitrogens with zero attached hydrogens (tertiary/aromatic N) is 1. The second-order valence-electron chi connectivity index (χ2n) is 6.44. The van der Waals surface area contributed by atoms with Crippen molar-refractivity contribution < 1.29 is 9.47 Å². The van der Waals surface area contributed by atoms with Crippen molar-refractivity contribution >= 4 is 23.3 Å². The van der Waals surface area contributed by atoms with Gasteiger partial charge in [0.05, 0.1) is 6.61 Å². The van der Waals surface area contributed by atoms with Crippen molar-refractivity contribution in [3.8, 4) is 5.75 Å². The summed E-state index contributed by atoms with van der Waals surface area (Å²) in [6.45, 7) is 7.44. The number of ether oxygens (including phenoxy) is 2. The van der Waals surface area contributed by atoms with Crippen molar-refractivity contribution in [2.45, 2.75) is 52.1 Å². The van der Waals surface area contributed by atoms with E-state index >= 15 is 0 Å². The molecule has 0 bridgehead atoms. The third kappa shape index (κ3) is 4.05. The lowest BCUT2D eigenvalue weighted by atomic mass is 10.0. The van der Waals surface area contributed by atoms with Crippen LogP contribution >= 0.6 is 12.4 Å². The molecule has 2 heterocycles. The van der Waals surface area contributed by atoms with Gasteiger partial charge in [0.25, 0.3) is 0 Å². The largest absolute Gasteiger partial charge is 0.493 e. The van der Waals surface area contributed by atoms with Crippen LogP contribution in [-0.4, -0.2) is 30.4 Å². The summed E-state index contributed by atoms with van der Waals surface area (Å²) in [5.41, 5.74) is 10.3. The van der Waals surface area contributed by atoms with Crippen LogP contribution in [0.15, 0.2) is 18.2 Å². The van der Waals surface area contributed by atoms with E-state index in [1.54, 1.807) is 0 Å². The van der Waals surface area contributed by atoms with Gasteiger partial charge in [-0.15, -0.1) is 12.4 Å². The first-order valence-electron chi connectivity index (χ1n) is 8.80. The minimum absolute atomic E-state index is 0.